The highest BCUT2D eigenvalue weighted by Gasteiger charge is 2.33. The van der Waals surface area contributed by atoms with Gasteiger partial charge in [0.15, 0.2) is 0 Å². The zero-order chi connectivity index (χ0) is 18.6. The minimum atomic E-state index is -3.51. The lowest BCUT2D eigenvalue weighted by molar-refractivity contribution is 0.0209. The first kappa shape index (κ1) is 23.4. The van der Waals surface area contributed by atoms with Gasteiger partial charge >= 0.3 is 0 Å². The summed E-state index contributed by atoms with van der Waals surface area (Å²) >= 11 is 0. The zero-order valence-electron chi connectivity index (χ0n) is 16.3. The van der Waals surface area contributed by atoms with Gasteiger partial charge in [-0.25, -0.2) is 8.42 Å². The molecule has 2 N–H and O–H groups in total. The number of hydrogen-bond acceptors (Lipinski definition) is 5. The average molecular weight is 409 g/mol. The van der Waals surface area contributed by atoms with E-state index >= 15 is 0 Å². The molecule has 1 aliphatic heterocycles. The van der Waals surface area contributed by atoms with E-state index in [1.165, 1.54) is 0 Å². The van der Waals surface area contributed by atoms with Crippen LogP contribution >= 0.6 is 12.4 Å². The molecule has 7 nitrogen and oxygen atoms in total. The van der Waals surface area contributed by atoms with Gasteiger partial charge in [-0.3, -0.25) is 4.68 Å². The van der Waals surface area contributed by atoms with E-state index in [2.05, 4.69) is 18.9 Å². The van der Waals surface area contributed by atoms with Gasteiger partial charge in [0.2, 0.25) is 10.0 Å². The minimum Gasteiger partial charge on any atom is -0.378 e. The third kappa shape index (κ3) is 5.42. The molecular formula is C17H33ClN4O3S. The van der Waals surface area contributed by atoms with Crippen LogP contribution in [0.3, 0.4) is 0 Å². The molecule has 0 saturated carbocycles. The summed E-state index contributed by atoms with van der Waals surface area (Å²) < 4.78 is 35.4. The van der Waals surface area contributed by atoms with Gasteiger partial charge in [0.05, 0.1) is 17.5 Å². The van der Waals surface area contributed by atoms with Crippen LogP contribution < -0.4 is 5.73 Å². The summed E-state index contributed by atoms with van der Waals surface area (Å²) in [5.74, 6) is 0.412. The number of aryl methyl sites for hydroxylation is 1. The Morgan fingerprint density at radius 3 is 2.42 bits per heavy atom. The van der Waals surface area contributed by atoms with Crippen LogP contribution in [-0.2, 0) is 21.3 Å². The van der Waals surface area contributed by atoms with Gasteiger partial charge in [0, 0.05) is 26.2 Å². The summed E-state index contributed by atoms with van der Waals surface area (Å²) in [4.78, 5) is 0.371. The number of piperidine rings is 1. The fourth-order valence-corrected chi connectivity index (χ4v) is 5.12. The molecule has 1 aromatic heterocycles. The number of rotatable bonds is 8. The second kappa shape index (κ2) is 10.0. The monoisotopic (exact) mass is 408 g/mol. The predicted octanol–water partition coefficient (Wildman–Crippen LogP) is 2.10. The van der Waals surface area contributed by atoms with Crippen molar-refractivity contribution in [3.8, 4) is 0 Å². The van der Waals surface area contributed by atoms with Gasteiger partial charge in [0.25, 0.3) is 0 Å². The molecule has 1 aromatic rings. The van der Waals surface area contributed by atoms with E-state index in [1.807, 2.05) is 11.6 Å². The molecule has 0 amide bonds. The summed E-state index contributed by atoms with van der Waals surface area (Å²) in [6.07, 6.45) is 2.42. The molecule has 1 fully saturated rings. The molecule has 152 valence electrons. The van der Waals surface area contributed by atoms with E-state index in [-0.39, 0.29) is 18.5 Å². The van der Waals surface area contributed by atoms with Gasteiger partial charge in [-0.2, -0.15) is 9.40 Å². The van der Waals surface area contributed by atoms with E-state index in [0.29, 0.717) is 42.7 Å². The molecule has 2 heterocycles. The topological polar surface area (TPSA) is 90.5 Å². The Bertz CT molecular complexity index is 668. The SMILES string of the molecule is Cc1nn(CC(C)C)c(C)c1S(=O)(=O)N1CCC(OCCCN)CC1.Cl. The normalized spacial score (nSPS) is 16.8. The highest BCUT2D eigenvalue weighted by atomic mass is 35.5. The Labute approximate surface area is 163 Å². The van der Waals surface area contributed by atoms with Crippen molar-refractivity contribution in [1.29, 1.82) is 0 Å². The highest BCUT2D eigenvalue weighted by molar-refractivity contribution is 7.89. The lowest BCUT2D eigenvalue weighted by Gasteiger charge is -2.31. The van der Waals surface area contributed by atoms with Crippen molar-refractivity contribution in [3.05, 3.63) is 11.4 Å². The molecule has 0 radical (unpaired) electrons. The maximum Gasteiger partial charge on any atom is 0.246 e. The van der Waals surface area contributed by atoms with Crippen LogP contribution in [0, 0.1) is 19.8 Å². The molecular weight excluding hydrogens is 376 g/mol. The van der Waals surface area contributed by atoms with Crippen LogP contribution in [0.15, 0.2) is 4.90 Å². The lowest BCUT2D eigenvalue weighted by Crippen LogP contribution is -2.41. The van der Waals surface area contributed by atoms with Gasteiger partial charge in [0.1, 0.15) is 4.90 Å². The highest BCUT2D eigenvalue weighted by Crippen LogP contribution is 2.27. The second-order valence-corrected chi connectivity index (χ2v) is 9.07. The van der Waals surface area contributed by atoms with Crippen LogP contribution in [-0.4, -0.2) is 54.8 Å². The molecule has 1 aliphatic rings. The number of nitrogens with two attached hydrogens (primary N) is 1. The van der Waals surface area contributed by atoms with Crippen molar-refractivity contribution in [1.82, 2.24) is 14.1 Å². The van der Waals surface area contributed by atoms with Crippen LogP contribution in [0.5, 0.6) is 0 Å². The molecule has 26 heavy (non-hydrogen) atoms. The van der Waals surface area contributed by atoms with E-state index in [1.54, 1.807) is 11.2 Å². The summed E-state index contributed by atoms with van der Waals surface area (Å²) in [5, 5.41) is 4.45. The number of sulfonamides is 1. The van der Waals surface area contributed by atoms with Crippen LogP contribution in [0.4, 0.5) is 0 Å². The molecule has 0 spiro atoms. The standard InChI is InChI=1S/C17H32N4O3S.ClH/c1-13(2)12-21-15(4)17(14(3)19-21)25(22,23)20-9-6-16(7-10-20)24-11-5-8-18;/h13,16H,5-12,18H2,1-4H3;1H. The summed E-state index contributed by atoms with van der Waals surface area (Å²) in [7, 11) is -3.51. The first-order valence-electron chi connectivity index (χ1n) is 9.13. The van der Waals surface area contributed by atoms with Gasteiger partial charge in [-0.15, -0.1) is 12.4 Å². The van der Waals surface area contributed by atoms with E-state index in [4.69, 9.17) is 10.5 Å². The van der Waals surface area contributed by atoms with Crippen molar-refractivity contribution < 1.29 is 13.2 Å². The van der Waals surface area contributed by atoms with Crippen LogP contribution in [0.2, 0.25) is 0 Å². The smallest absolute Gasteiger partial charge is 0.246 e. The predicted molar refractivity (Wildman–Crippen MR) is 105 cm³/mol. The number of halogens is 1. The first-order valence-corrected chi connectivity index (χ1v) is 10.6. The first-order chi connectivity index (χ1) is 11.8. The van der Waals surface area contributed by atoms with Crippen molar-refractivity contribution in [2.24, 2.45) is 11.7 Å². The van der Waals surface area contributed by atoms with Crippen LogP contribution in [0.25, 0.3) is 0 Å². The Hall–Kier alpha value is -0.670. The zero-order valence-corrected chi connectivity index (χ0v) is 17.9. The molecule has 0 atom stereocenters. The van der Waals surface area contributed by atoms with E-state index in [0.717, 1.165) is 31.5 Å². The number of nitrogens with zero attached hydrogens (tertiary/aromatic N) is 3. The molecule has 0 bridgehead atoms. The third-order valence-electron chi connectivity index (χ3n) is 4.55. The minimum absolute atomic E-state index is 0. The molecule has 9 heteroatoms. The van der Waals surface area contributed by atoms with Crippen molar-refractivity contribution >= 4 is 22.4 Å². The molecule has 1 saturated heterocycles. The summed E-state index contributed by atoms with van der Waals surface area (Å²) in [6, 6.07) is 0. The Kier molecular flexibility index (Phi) is 9.02. The van der Waals surface area contributed by atoms with Crippen molar-refractivity contribution in [2.45, 2.75) is 64.5 Å². The quantitative estimate of drug-likeness (QED) is 0.665. The van der Waals surface area contributed by atoms with E-state index in [9.17, 15) is 8.42 Å². The maximum absolute atomic E-state index is 13.1. The number of hydrogen-bond donors (Lipinski definition) is 1. The van der Waals surface area contributed by atoms with Gasteiger partial charge < -0.3 is 10.5 Å². The summed E-state index contributed by atoms with van der Waals surface area (Å²) in [6.45, 7) is 10.8. The van der Waals surface area contributed by atoms with Gasteiger partial charge in [-0.05, 0) is 45.6 Å². The van der Waals surface area contributed by atoms with E-state index < -0.39 is 10.0 Å². The number of ether oxygens (including phenoxy) is 1. The molecule has 2 rings (SSSR count). The second-order valence-electron chi connectivity index (χ2n) is 7.19. The summed E-state index contributed by atoms with van der Waals surface area (Å²) in [5.41, 5.74) is 6.78. The molecule has 0 aromatic carbocycles. The third-order valence-corrected chi connectivity index (χ3v) is 6.71. The Morgan fingerprint density at radius 2 is 1.88 bits per heavy atom. The van der Waals surface area contributed by atoms with Gasteiger partial charge in [-0.1, -0.05) is 13.8 Å². The molecule has 0 aliphatic carbocycles. The fourth-order valence-electron chi connectivity index (χ4n) is 3.28. The molecule has 0 unspecified atom stereocenters. The fraction of sp³-hybridized carbons (Fsp3) is 0.824. The number of aromatic nitrogens is 2. The largest absolute Gasteiger partial charge is 0.378 e. The van der Waals surface area contributed by atoms with Crippen LogP contribution in [0.1, 0.15) is 44.5 Å². The Balaban J connectivity index is 0.00000338. The maximum atomic E-state index is 13.1. The van der Waals surface area contributed by atoms with Crippen molar-refractivity contribution in [3.63, 3.8) is 0 Å². The van der Waals surface area contributed by atoms with Crippen molar-refractivity contribution in [2.75, 3.05) is 26.2 Å². The average Bonchev–Trinajstić information content (AvgIpc) is 2.82. The lowest BCUT2D eigenvalue weighted by atomic mass is 10.1. The Morgan fingerprint density at radius 1 is 1.27 bits per heavy atom.